The summed E-state index contributed by atoms with van der Waals surface area (Å²) in [5.74, 6) is -0.319. The van der Waals surface area contributed by atoms with E-state index in [0.717, 1.165) is 6.42 Å². The second-order valence-corrected chi connectivity index (χ2v) is 9.48. The number of hydrogen-bond donors (Lipinski definition) is 0. The summed E-state index contributed by atoms with van der Waals surface area (Å²) in [5.41, 5.74) is -1.58. The van der Waals surface area contributed by atoms with Crippen LogP contribution in [0.1, 0.15) is 75.7 Å². The van der Waals surface area contributed by atoms with Gasteiger partial charge in [-0.05, 0) is 66.9 Å². The minimum atomic E-state index is -0.959. The van der Waals surface area contributed by atoms with E-state index < -0.39 is 11.2 Å². The molecule has 3 nitrogen and oxygen atoms in total. The van der Waals surface area contributed by atoms with Crippen LogP contribution in [0.3, 0.4) is 0 Å². The van der Waals surface area contributed by atoms with Crippen LogP contribution < -0.4 is 0 Å². The quantitative estimate of drug-likeness (QED) is 0.512. The van der Waals surface area contributed by atoms with Crippen LogP contribution in [0, 0.1) is 5.41 Å². The maximum Gasteiger partial charge on any atom is 0.339 e. The third kappa shape index (κ3) is 5.65. The van der Waals surface area contributed by atoms with Gasteiger partial charge in [-0.3, -0.25) is 4.18 Å². The number of hydrogen-bond acceptors (Lipinski definition) is 4. The minimum Gasteiger partial charge on any atom is -0.457 e. The first-order valence-corrected chi connectivity index (χ1v) is 7.99. The van der Waals surface area contributed by atoms with Gasteiger partial charge in [0.05, 0.1) is 0 Å². The first-order chi connectivity index (χ1) is 8.65. The molecule has 0 aliphatic carbocycles. The second kappa shape index (κ2) is 6.27. The third-order valence-corrected chi connectivity index (χ3v) is 4.85. The van der Waals surface area contributed by atoms with Gasteiger partial charge in [-0.25, -0.2) is 4.79 Å². The van der Waals surface area contributed by atoms with Crippen molar-refractivity contribution in [3.05, 3.63) is 0 Å². The van der Waals surface area contributed by atoms with Gasteiger partial charge in [0.15, 0.2) is 5.60 Å². The molecular formula is C16H32O3S. The number of carbonyl (C=O) groups is 1. The fraction of sp³-hybridized carbons (Fsp3) is 0.938. The Labute approximate surface area is 129 Å². The summed E-state index contributed by atoms with van der Waals surface area (Å²) < 4.78 is 11.4. The molecule has 0 aromatic heterocycles. The standard InChI is InChI=1S/C16H32O3S/c1-11-14(5,6)16(9,10)18-12(17)15(7,8)19-20-13(2,3)4/h11H2,1-10H3. The van der Waals surface area contributed by atoms with E-state index >= 15 is 0 Å². The molecule has 120 valence electrons. The molecule has 0 N–H and O–H groups in total. The molecule has 4 heteroatoms. The summed E-state index contributed by atoms with van der Waals surface area (Å²) in [4.78, 5) is 12.4. The van der Waals surface area contributed by atoms with E-state index in [1.165, 1.54) is 12.0 Å². The molecular weight excluding hydrogens is 272 g/mol. The van der Waals surface area contributed by atoms with Crippen LogP contribution in [-0.2, 0) is 13.7 Å². The monoisotopic (exact) mass is 304 g/mol. The molecule has 0 aromatic rings. The van der Waals surface area contributed by atoms with Gasteiger partial charge in [0, 0.05) is 10.2 Å². The predicted octanol–water partition coefficient (Wildman–Crippen LogP) is 4.99. The molecule has 0 spiro atoms. The lowest BCUT2D eigenvalue weighted by molar-refractivity contribution is -0.183. The fourth-order valence-electron chi connectivity index (χ4n) is 1.18. The van der Waals surface area contributed by atoms with Crippen LogP contribution >= 0.6 is 12.0 Å². The zero-order valence-electron chi connectivity index (χ0n) is 14.8. The van der Waals surface area contributed by atoms with Gasteiger partial charge in [0.25, 0.3) is 0 Å². The van der Waals surface area contributed by atoms with Gasteiger partial charge >= 0.3 is 5.97 Å². The molecule has 0 radical (unpaired) electrons. The fourth-order valence-corrected chi connectivity index (χ4v) is 1.71. The van der Waals surface area contributed by atoms with Crippen molar-refractivity contribution >= 4 is 18.0 Å². The maximum atomic E-state index is 12.4. The lowest BCUT2D eigenvalue weighted by atomic mass is 9.75. The van der Waals surface area contributed by atoms with Crippen molar-refractivity contribution in [3.8, 4) is 0 Å². The number of ether oxygens (including phenoxy) is 1. The van der Waals surface area contributed by atoms with Crippen molar-refractivity contribution < 1.29 is 13.7 Å². The number of carbonyl (C=O) groups excluding carboxylic acids is 1. The van der Waals surface area contributed by atoms with E-state index in [9.17, 15) is 4.79 Å². The van der Waals surface area contributed by atoms with E-state index in [1.54, 1.807) is 13.8 Å². The van der Waals surface area contributed by atoms with Gasteiger partial charge in [0.1, 0.15) is 5.60 Å². The first kappa shape index (κ1) is 19.8. The van der Waals surface area contributed by atoms with Gasteiger partial charge in [0.2, 0.25) is 0 Å². The minimum absolute atomic E-state index is 0.0598. The Kier molecular flexibility index (Phi) is 6.20. The summed E-state index contributed by atoms with van der Waals surface area (Å²) in [6.07, 6.45) is 0.936. The summed E-state index contributed by atoms with van der Waals surface area (Å²) in [6.45, 7) is 19.9. The van der Waals surface area contributed by atoms with Crippen LogP contribution in [0.25, 0.3) is 0 Å². The average Bonchev–Trinajstić information content (AvgIpc) is 2.24. The summed E-state index contributed by atoms with van der Waals surface area (Å²) >= 11 is 1.31. The Hall–Kier alpha value is -0.220. The topological polar surface area (TPSA) is 35.5 Å². The summed E-state index contributed by atoms with van der Waals surface area (Å²) in [5, 5.41) is 0. The zero-order valence-corrected chi connectivity index (χ0v) is 15.7. The maximum absolute atomic E-state index is 12.4. The molecule has 0 fully saturated rings. The summed E-state index contributed by atoms with van der Waals surface area (Å²) in [6, 6.07) is 0. The van der Waals surface area contributed by atoms with Crippen molar-refractivity contribution in [1.82, 2.24) is 0 Å². The van der Waals surface area contributed by atoms with Gasteiger partial charge < -0.3 is 4.74 Å². The number of esters is 1. The number of rotatable bonds is 6. The molecule has 0 aliphatic heterocycles. The van der Waals surface area contributed by atoms with Gasteiger partial charge in [-0.2, -0.15) is 0 Å². The van der Waals surface area contributed by atoms with E-state index in [1.807, 2.05) is 34.6 Å². The Morgan fingerprint density at radius 3 is 1.75 bits per heavy atom. The SMILES string of the molecule is CCC(C)(C)C(C)(C)OC(=O)C(C)(C)OSC(C)(C)C. The Balaban J connectivity index is 4.83. The molecule has 0 rings (SSSR count). The van der Waals surface area contributed by atoms with Gasteiger partial charge in [-0.1, -0.05) is 20.8 Å². The molecule has 0 bridgehead atoms. The molecule has 0 saturated heterocycles. The van der Waals surface area contributed by atoms with Crippen LogP contribution in [0.4, 0.5) is 0 Å². The molecule has 0 atom stereocenters. The van der Waals surface area contributed by atoms with Crippen LogP contribution in [0.5, 0.6) is 0 Å². The first-order valence-electron chi connectivity index (χ1n) is 7.25. The van der Waals surface area contributed by atoms with Crippen molar-refractivity contribution in [2.24, 2.45) is 5.41 Å². The Morgan fingerprint density at radius 1 is 0.950 bits per heavy atom. The highest BCUT2D eigenvalue weighted by molar-refractivity contribution is 7.96. The highest BCUT2D eigenvalue weighted by atomic mass is 32.2. The van der Waals surface area contributed by atoms with E-state index in [4.69, 9.17) is 8.92 Å². The Morgan fingerprint density at radius 2 is 1.40 bits per heavy atom. The Bertz CT molecular complexity index is 338. The zero-order chi connectivity index (χ0) is 16.4. The smallest absolute Gasteiger partial charge is 0.339 e. The largest absolute Gasteiger partial charge is 0.457 e. The van der Waals surface area contributed by atoms with Crippen molar-refractivity contribution in [2.45, 2.75) is 91.6 Å². The summed E-state index contributed by atoms with van der Waals surface area (Å²) in [7, 11) is 0. The molecule has 20 heavy (non-hydrogen) atoms. The highest BCUT2D eigenvalue weighted by Crippen LogP contribution is 2.38. The van der Waals surface area contributed by atoms with Crippen molar-refractivity contribution in [1.29, 1.82) is 0 Å². The van der Waals surface area contributed by atoms with Crippen molar-refractivity contribution in [2.75, 3.05) is 0 Å². The van der Waals surface area contributed by atoms with Gasteiger partial charge in [-0.15, -0.1) is 0 Å². The van der Waals surface area contributed by atoms with Crippen molar-refractivity contribution in [3.63, 3.8) is 0 Å². The third-order valence-electron chi connectivity index (χ3n) is 3.85. The van der Waals surface area contributed by atoms with Crippen LogP contribution in [0.2, 0.25) is 0 Å². The molecule has 0 heterocycles. The highest BCUT2D eigenvalue weighted by Gasteiger charge is 2.43. The van der Waals surface area contributed by atoms with Crippen LogP contribution in [0.15, 0.2) is 0 Å². The molecule has 0 unspecified atom stereocenters. The normalized spacial score (nSPS) is 14.3. The average molecular weight is 304 g/mol. The van der Waals surface area contributed by atoms with Crippen LogP contribution in [-0.4, -0.2) is 21.9 Å². The van der Waals surface area contributed by atoms with E-state index in [2.05, 4.69) is 20.8 Å². The lowest BCUT2D eigenvalue weighted by Crippen LogP contribution is -2.48. The predicted molar refractivity (Wildman–Crippen MR) is 86.8 cm³/mol. The van der Waals surface area contributed by atoms with E-state index in [-0.39, 0.29) is 16.1 Å². The molecule has 0 aromatic carbocycles. The molecule has 0 amide bonds. The molecule has 0 aliphatic rings. The van der Waals surface area contributed by atoms with E-state index in [0.29, 0.717) is 0 Å². The second-order valence-electron chi connectivity index (χ2n) is 7.93. The molecule has 0 saturated carbocycles. The lowest BCUT2D eigenvalue weighted by Gasteiger charge is -2.42.